The van der Waals surface area contributed by atoms with Gasteiger partial charge in [-0.2, -0.15) is 0 Å². The lowest BCUT2D eigenvalue weighted by Crippen LogP contribution is -2.60. The maximum atomic E-state index is 14.0. The molecule has 4 aromatic heterocycles. The Labute approximate surface area is 480 Å². The molecule has 5 N–H and O–H groups in total. The third-order valence-electron chi connectivity index (χ3n) is 18.2. The van der Waals surface area contributed by atoms with Crippen molar-refractivity contribution in [2.24, 2.45) is 11.7 Å². The van der Waals surface area contributed by atoms with Crippen LogP contribution < -0.4 is 21.3 Å². The van der Waals surface area contributed by atoms with Gasteiger partial charge in [-0.1, -0.05) is 30.2 Å². The van der Waals surface area contributed by atoms with Crippen LogP contribution in [0.5, 0.6) is 0 Å². The number of nitrogens with zero attached hydrogens (tertiary/aromatic N) is 13. The number of thiazole rings is 1. The number of likely N-dealkylation sites (tertiary alicyclic amines) is 2. The fraction of sp³-hybridized carbons (Fsp3) is 0.655. The van der Waals surface area contributed by atoms with E-state index in [2.05, 4.69) is 71.6 Å². The minimum atomic E-state index is -1.000. The number of piperidine rings is 2. The zero-order valence-corrected chi connectivity index (χ0v) is 48.6. The second-order valence-electron chi connectivity index (χ2n) is 23.6. The van der Waals surface area contributed by atoms with E-state index in [0.29, 0.717) is 82.1 Å². The normalized spacial score (nSPS) is 21.7. The molecule has 22 heteroatoms. The van der Waals surface area contributed by atoms with Gasteiger partial charge in [-0.3, -0.25) is 34.0 Å². The van der Waals surface area contributed by atoms with E-state index in [9.17, 15) is 14.4 Å². The van der Waals surface area contributed by atoms with E-state index in [0.717, 1.165) is 158 Å². The number of fused-ring (bicyclic) bond motifs is 2. The lowest BCUT2D eigenvalue weighted by atomic mass is 9.87. The number of rotatable bonds is 20. The number of aromatic amines is 1. The summed E-state index contributed by atoms with van der Waals surface area (Å²) in [5, 5.41) is 18.6. The van der Waals surface area contributed by atoms with Crippen LogP contribution >= 0.6 is 22.9 Å². The molecule has 2 atom stereocenters. The standard InChI is InChI=1S/C58H84ClN17O3S/c1-42-47(65-52(80-42)39-75-22-6-8-49(75)56-68-67-50-9-3-2-4-23-76(50)56)7-5-20-61-51(77)38-72-31-29-71(30-32-72)37-43-15-24-70(25-16-43)40-53(78)73-35-33-69(34-36-73)26-17-48(44-10-12-45(59)13-11-44)66-57(79)58(60)18-27-74(28-19-58)55-46-14-21-62-54(46)63-41-64-55/h10-14,21,41,43,48-49H,2-9,15-20,22-40,60H2,1H3,(H,61,77)(H,66,79)(H,62,63,64)/t48-,49?/m0/s1. The summed E-state index contributed by atoms with van der Waals surface area (Å²) in [5.74, 6) is 3.99. The van der Waals surface area contributed by atoms with Gasteiger partial charge in [-0.05, 0) is 127 Å². The summed E-state index contributed by atoms with van der Waals surface area (Å²) in [6.07, 6.45) is 16.2. The maximum absolute atomic E-state index is 14.0. The Bertz CT molecular complexity index is 2840. The second-order valence-corrected chi connectivity index (χ2v) is 25.3. The number of nitrogens with two attached hydrogens (primary N) is 1. The summed E-state index contributed by atoms with van der Waals surface area (Å²) in [6.45, 7) is 18.5. The van der Waals surface area contributed by atoms with Gasteiger partial charge in [0.25, 0.3) is 0 Å². The van der Waals surface area contributed by atoms with Crippen molar-refractivity contribution in [3.63, 3.8) is 0 Å². The Balaban J connectivity index is 0.543. The summed E-state index contributed by atoms with van der Waals surface area (Å²) >= 11 is 8.11. The molecule has 6 aliphatic rings. The smallest absolute Gasteiger partial charge is 0.240 e. The highest BCUT2D eigenvalue weighted by molar-refractivity contribution is 7.11. The lowest BCUT2D eigenvalue weighted by molar-refractivity contribution is -0.134. The van der Waals surface area contributed by atoms with Crippen molar-refractivity contribution in [1.82, 2.24) is 74.7 Å². The predicted octanol–water partition coefficient (Wildman–Crippen LogP) is 4.80. The Morgan fingerprint density at radius 3 is 2.39 bits per heavy atom. The Morgan fingerprint density at radius 1 is 0.825 bits per heavy atom. The average Bonchev–Trinajstić information content (AvgIpc) is 4.33. The van der Waals surface area contributed by atoms with Gasteiger partial charge < -0.3 is 40.6 Å². The van der Waals surface area contributed by atoms with Crippen LogP contribution in [0.15, 0.2) is 42.9 Å². The highest BCUT2D eigenvalue weighted by atomic mass is 35.5. The van der Waals surface area contributed by atoms with E-state index >= 15 is 0 Å². The van der Waals surface area contributed by atoms with E-state index in [-0.39, 0.29) is 23.8 Å². The first kappa shape index (κ1) is 56.7. The molecule has 5 saturated heterocycles. The van der Waals surface area contributed by atoms with Gasteiger partial charge in [0, 0.05) is 114 Å². The number of aryl methyl sites for hydroxylation is 3. The molecule has 3 amide bonds. The molecule has 0 spiro atoms. The third-order valence-corrected chi connectivity index (χ3v) is 19.4. The first-order chi connectivity index (χ1) is 39.0. The monoisotopic (exact) mass is 1130 g/mol. The molecule has 0 bridgehead atoms. The fourth-order valence-electron chi connectivity index (χ4n) is 13.2. The van der Waals surface area contributed by atoms with Gasteiger partial charge in [0.15, 0.2) is 0 Å². The molecule has 0 aliphatic carbocycles. The van der Waals surface area contributed by atoms with Gasteiger partial charge in [0.05, 0.1) is 48.3 Å². The van der Waals surface area contributed by atoms with Crippen LogP contribution in [0.3, 0.4) is 0 Å². The van der Waals surface area contributed by atoms with Crippen molar-refractivity contribution in [2.75, 3.05) is 123 Å². The highest BCUT2D eigenvalue weighted by Crippen LogP contribution is 2.35. The molecule has 432 valence electrons. The molecule has 5 aromatic rings. The van der Waals surface area contributed by atoms with Crippen LogP contribution in [-0.2, 0) is 40.3 Å². The number of halogens is 1. The lowest BCUT2D eigenvalue weighted by Gasteiger charge is -2.40. The number of hydrogen-bond donors (Lipinski definition) is 4. The molecule has 80 heavy (non-hydrogen) atoms. The summed E-state index contributed by atoms with van der Waals surface area (Å²) in [6, 6.07) is 9.78. The van der Waals surface area contributed by atoms with Gasteiger partial charge in [-0.25, -0.2) is 15.0 Å². The molecule has 1 unspecified atom stereocenters. The number of nitrogens with one attached hydrogen (secondary N) is 3. The van der Waals surface area contributed by atoms with Crippen LogP contribution in [-0.4, -0.2) is 205 Å². The quantitative estimate of drug-likeness (QED) is 0.0773. The highest BCUT2D eigenvalue weighted by Gasteiger charge is 2.40. The van der Waals surface area contributed by atoms with Gasteiger partial charge in [-0.15, -0.1) is 21.5 Å². The van der Waals surface area contributed by atoms with E-state index < -0.39 is 5.54 Å². The molecule has 1 aromatic carbocycles. The van der Waals surface area contributed by atoms with E-state index in [1.165, 1.54) is 41.3 Å². The molecule has 0 radical (unpaired) electrons. The molecule has 5 fully saturated rings. The Hall–Kier alpha value is -5.13. The predicted molar refractivity (Wildman–Crippen MR) is 312 cm³/mol. The maximum Gasteiger partial charge on any atom is 0.240 e. The molecule has 10 heterocycles. The number of aromatic nitrogens is 7. The van der Waals surface area contributed by atoms with E-state index in [4.69, 9.17) is 27.4 Å². The number of amides is 3. The van der Waals surface area contributed by atoms with Crippen LogP contribution in [0.1, 0.15) is 116 Å². The van der Waals surface area contributed by atoms with E-state index in [1.54, 1.807) is 6.33 Å². The van der Waals surface area contributed by atoms with Crippen molar-refractivity contribution in [2.45, 2.75) is 121 Å². The minimum Gasteiger partial charge on any atom is -0.356 e. The van der Waals surface area contributed by atoms with Gasteiger partial charge in [0.1, 0.15) is 34.4 Å². The minimum absolute atomic E-state index is 0.110. The van der Waals surface area contributed by atoms with Crippen molar-refractivity contribution in [3.05, 3.63) is 80.7 Å². The number of carbonyl (C=O) groups is 3. The summed E-state index contributed by atoms with van der Waals surface area (Å²) in [7, 11) is 0. The number of hydrogen-bond acceptors (Lipinski definition) is 16. The largest absolute Gasteiger partial charge is 0.356 e. The number of carbonyl (C=O) groups excluding carboxylic acids is 3. The first-order valence-electron chi connectivity index (χ1n) is 29.9. The van der Waals surface area contributed by atoms with Crippen molar-refractivity contribution >= 4 is 57.5 Å². The van der Waals surface area contributed by atoms with Crippen LogP contribution in [0, 0.1) is 12.8 Å². The van der Waals surface area contributed by atoms with Gasteiger partial charge in [0.2, 0.25) is 17.7 Å². The number of anilines is 1. The Kier molecular flexibility index (Phi) is 18.7. The SMILES string of the molecule is Cc1sc(CN2CCCC2c2nnc3n2CCCCC3)nc1CCCNC(=O)CN1CCN(CC2CCN(CC(=O)N3CCN(CC[C@H](NC(=O)C4(N)CCN(c5ncnc6[nH]ccc56)CC4)c4ccc(Cl)cc4)CC3)CC2)CC1. The second kappa shape index (κ2) is 26.4. The fourth-order valence-corrected chi connectivity index (χ4v) is 14.3. The van der Waals surface area contributed by atoms with E-state index in [1.807, 2.05) is 52.8 Å². The summed E-state index contributed by atoms with van der Waals surface area (Å²) < 4.78 is 2.41. The summed E-state index contributed by atoms with van der Waals surface area (Å²) in [4.78, 5) is 75.5. The molecular weight excluding hydrogens is 1050 g/mol. The zero-order valence-electron chi connectivity index (χ0n) is 47.0. The third kappa shape index (κ3) is 14.0. The topological polar surface area (TPSA) is 209 Å². The Morgan fingerprint density at radius 2 is 1.59 bits per heavy atom. The van der Waals surface area contributed by atoms with Crippen molar-refractivity contribution in [3.8, 4) is 0 Å². The molecule has 11 rings (SSSR count). The number of H-pyrrole nitrogens is 1. The first-order valence-corrected chi connectivity index (χ1v) is 31.1. The molecule has 6 aliphatic heterocycles. The number of benzene rings is 1. The molecule has 0 saturated carbocycles. The van der Waals surface area contributed by atoms with Crippen LogP contribution in [0.2, 0.25) is 5.02 Å². The van der Waals surface area contributed by atoms with Crippen molar-refractivity contribution in [1.29, 1.82) is 0 Å². The van der Waals surface area contributed by atoms with Crippen molar-refractivity contribution < 1.29 is 14.4 Å². The number of piperazine rings is 2. The zero-order chi connectivity index (χ0) is 55.0. The molecule has 20 nitrogen and oxygen atoms in total. The molecular formula is C58H84ClN17O3S. The van der Waals surface area contributed by atoms with Gasteiger partial charge >= 0.3 is 0 Å². The van der Waals surface area contributed by atoms with Crippen LogP contribution in [0.25, 0.3) is 11.0 Å². The summed E-state index contributed by atoms with van der Waals surface area (Å²) in [5.41, 5.74) is 8.84. The van der Waals surface area contributed by atoms with Crippen LogP contribution in [0.4, 0.5) is 5.82 Å². The average molecular weight is 1130 g/mol.